The Hall–Kier alpha value is -2.89. The van der Waals surface area contributed by atoms with Crippen molar-refractivity contribution >= 4 is 26.7 Å². The molecule has 4 rings (SSSR count). The molecule has 1 fully saturated rings. The zero-order valence-electron chi connectivity index (χ0n) is 14.8. The summed E-state index contributed by atoms with van der Waals surface area (Å²) in [5.41, 5.74) is 1.48. The summed E-state index contributed by atoms with van der Waals surface area (Å²) < 4.78 is 27.3. The summed E-state index contributed by atoms with van der Waals surface area (Å²) in [5, 5.41) is 13.5. The molecule has 138 valence electrons. The summed E-state index contributed by atoms with van der Waals surface area (Å²) in [6.45, 7) is 1.75. The van der Waals surface area contributed by atoms with Crippen LogP contribution in [0.4, 0.5) is 5.69 Å². The van der Waals surface area contributed by atoms with Crippen LogP contribution in [0, 0.1) is 11.3 Å². The Kier molecular flexibility index (Phi) is 4.34. The van der Waals surface area contributed by atoms with E-state index in [0.717, 1.165) is 25.2 Å². The number of aromatic nitrogens is 2. The molecule has 3 aromatic rings. The summed E-state index contributed by atoms with van der Waals surface area (Å²) in [6.07, 6.45) is 3.92. The van der Waals surface area contributed by atoms with E-state index in [4.69, 9.17) is 0 Å². The molecule has 1 saturated heterocycles. The molecule has 0 amide bonds. The van der Waals surface area contributed by atoms with Gasteiger partial charge >= 0.3 is 0 Å². The van der Waals surface area contributed by atoms with Crippen molar-refractivity contribution in [1.29, 1.82) is 5.26 Å². The number of anilines is 1. The second-order valence-corrected chi connectivity index (χ2v) is 8.37. The van der Waals surface area contributed by atoms with Crippen molar-refractivity contribution < 1.29 is 8.42 Å². The van der Waals surface area contributed by atoms with Crippen LogP contribution in [0.2, 0.25) is 0 Å². The lowest BCUT2D eigenvalue weighted by Gasteiger charge is -2.27. The van der Waals surface area contributed by atoms with Gasteiger partial charge in [-0.05, 0) is 31.2 Å². The van der Waals surface area contributed by atoms with Gasteiger partial charge in [-0.25, -0.2) is 17.4 Å². The highest BCUT2D eigenvalue weighted by Crippen LogP contribution is 2.33. The van der Waals surface area contributed by atoms with E-state index in [2.05, 4.69) is 21.3 Å². The van der Waals surface area contributed by atoms with E-state index in [-0.39, 0.29) is 10.9 Å². The molecule has 1 N–H and O–H groups in total. The Morgan fingerprint density at radius 1 is 1.30 bits per heavy atom. The van der Waals surface area contributed by atoms with Gasteiger partial charge in [0.15, 0.2) is 5.65 Å². The van der Waals surface area contributed by atoms with E-state index in [1.807, 2.05) is 7.05 Å². The summed E-state index contributed by atoms with van der Waals surface area (Å²) >= 11 is 0. The fourth-order valence-corrected chi connectivity index (χ4v) is 4.89. The molecule has 0 radical (unpaired) electrons. The van der Waals surface area contributed by atoms with Crippen LogP contribution in [-0.2, 0) is 10.0 Å². The second kappa shape index (κ2) is 6.68. The first-order valence-electron chi connectivity index (χ1n) is 8.68. The summed E-state index contributed by atoms with van der Waals surface area (Å²) in [4.78, 5) is 6.55. The maximum atomic E-state index is 13.0. The van der Waals surface area contributed by atoms with Gasteiger partial charge in [-0.3, -0.25) is 0 Å². The van der Waals surface area contributed by atoms with Gasteiger partial charge in [0.25, 0.3) is 10.0 Å². The van der Waals surface area contributed by atoms with Gasteiger partial charge in [0.05, 0.1) is 16.1 Å². The minimum atomic E-state index is -3.76. The predicted molar refractivity (Wildman–Crippen MR) is 103 cm³/mol. The number of benzene rings is 1. The van der Waals surface area contributed by atoms with Gasteiger partial charge in [-0.15, -0.1) is 0 Å². The first-order chi connectivity index (χ1) is 13.0. The maximum absolute atomic E-state index is 13.0. The number of likely N-dealkylation sites (N-methyl/N-ethyl adjacent to an activating group) is 1. The largest absolute Gasteiger partial charge is 0.369 e. The molecule has 0 aliphatic carbocycles. The highest BCUT2D eigenvalue weighted by Gasteiger charge is 2.26. The molecule has 1 aliphatic heterocycles. The average Bonchev–Trinajstić information content (AvgIpc) is 3.37. The van der Waals surface area contributed by atoms with Crippen LogP contribution in [0.15, 0.2) is 53.7 Å². The molecule has 1 atom stereocenters. The van der Waals surface area contributed by atoms with Gasteiger partial charge in [0.2, 0.25) is 0 Å². The predicted octanol–water partition coefficient (Wildman–Crippen LogP) is 1.94. The maximum Gasteiger partial charge on any atom is 0.269 e. The fraction of sp³-hybridized carbons (Fsp3) is 0.263. The van der Waals surface area contributed by atoms with E-state index >= 15 is 0 Å². The fourth-order valence-electron chi connectivity index (χ4n) is 3.56. The minimum absolute atomic E-state index is 0.198. The Morgan fingerprint density at radius 2 is 2.07 bits per heavy atom. The number of nitrogens with zero attached hydrogens (tertiary/aromatic N) is 4. The summed E-state index contributed by atoms with van der Waals surface area (Å²) in [6, 6.07) is 12.4. The SMILES string of the molecule is CN(c1c(C#N)cnc2c1ccn2S(=O)(=O)c1ccccc1)C1CCNC1. The topological polar surface area (TPSA) is 91.0 Å². The lowest BCUT2D eigenvalue weighted by Crippen LogP contribution is -2.34. The van der Waals surface area contributed by atoms with E-state index < -0.39 is 10.0 Å². The first kappa shape index (κ1) is 17.5. The van der Waals surface area contributed by atoms with Crippen molar-refractivity contribution in [3.05, 3.63) is 54.4 Å². The van der Waals surface area contributed by atoms with Crippen molar-refractivity contribution in [3.63, 3.8) is 0 Å². The van der Waals surface area contributed by atoms with Crippen molar-refractivity contribution in [1.82, 2.24) is 14.3 Å². The molecule has 2 aromatic heterocycles. The number of fused-ring (bicyclic) bond motifs is 1. The van der Waals surface area contributed by atoms with Crippen LogP contribution in [0.5, 0.6) is 0 Å². The van der Waals surface area contributed by atoms with Crippen LogP contribution >= 0.6 is 0 Å². The van der Waals surface area contributed by atoms with Gasteiger partial charge in [-0.1, -0.05) is 18.2 Å². The van der Waals surface area contributed by atoms with Crippen LogP contribution in [0.25, 0.3) is 11.0 Å². The van der Waals surface area contributed by atoms with E-state index in [9.17, 15) is 13.7 Å². The first-order valence-corrected chi connectivity index (χ1v) is 10.1. The number of nitrogens with one attached hydrogen (secondary N) is 1. The minimum Gasteiger partial charge on any atom is -0.369 e. The number of nitriles is 1. The van der Waals surface area contributed by atoms with Crippen LogP contribution in [0.3, 0.4) is 0 Å². The highest BCUT2D eigenvalue weighted by atomic mass is 32.2. The van der Waals surface area contributed by atoms with Gasteiger partial charge in [0, 0.05) is 37.4 Å². The zero-order valence-corrected chi connectivity index (χ0v) is 15.6. The molecule has 0 spiro atoms. The van der Waals surface area contributed by atoms with Crippen LogP contribution < -0.4 is 10.2 Å². The Balaban J connectivity index is 1.90. The van der Waals surface area contributed by atoms with E-state index in [1.165, 1.54) is 16.4 Å². The third-order valence-electron chi connectivity index (χ3n) is 5.01. The molecule has 1 aliphatic rings. The third kappa shape index (κ3) is 2.85. The third-order valence-corrected chi connectivity index (χ3v) is 6.69. The van der Waals surface area contributed by atoms with Crippen molar-refractivity contribution in [2.24, 2.45) is 0 Å². The molecule has 7 nitrogen and oxygen atoms in total. The number of hydrogen-bond donors (Lipinski definition) is 1. The normalized spacial score (nSPS) is 17.1. The van der Waals surface area contributed by atoms with E-state index in [0.29, 0.717) is 16.6 Å². The summed E-state index contributed by atoms with van der Waals surface area (Å²) in [5.74, 6) is 0. The van der Waals surface area contributed by atoms with Gasteiger partial charge < -0.3 is 10.2 Å². The molecule has 27 heavy (non-hydrogen) atoms. The number of rotatable bonds is 4. The molecule has 1 unspecified atom stereocenters. The smallest absolute Gasteiger partial charge is 0.269 e. The number of hydrogen-bond acceptors (Lipinski definition) is 6. The van der Waals surface area contributed by atoms with Crippen molar-refractivity contribution in [2.75, 3.05) is 25.0 Å². The van der Waals surface area contributed by atoms with Crippen LogP contribution in [0.1, 0.15) is 12.0 Å². The van der Waals surface area contributed by atoms with Gasteiger partial charge in [-0.2, -0.15) is 5.26 Å². The molecule has 0 bridgehead atoms. The Morgan fingerprint density at radius 3 is 2.74 bits per heavy atom. The van der Waals surface area contributed by atoms with Crippen molar-refractivity contribution in [2.45, 2.75) is 17.4 Å². The molecule has 3 heterocycles. The number of pyridine rings is 1. The quantitative estimate of drug-likeness (QED) is 0.743. The van der Waals surface area contributed by atoms with E-state index in [1.54, 1.807) is 36.4 Å². The highest BCUT2D eigenvalue weighted by molar-refractivity contribution is 7.90. The van der Waals surface area contributed by atoms with Gasteiger partial charge in [0.1, 0.15) is 6.07 Å². The molecule has 0 saturated carbocycles. The standard InChI is InChI=1S/C19H19N5O2S/c1-23(15-7-9-21-13-15)18-14(11-20)12-22-19-17(18)8-10-24(19)27(25,26)16-5-3-2-4-6-16/h2-6,8,10,12,15,21H,7,9,13H2,1H3. The molecular formula is C19H19N5O2S. The summed E-state index contributed by atoms with van der Waals surface area (Å²) in [7, 11) is -1.82. The van der Waals surface area contributed by atoms with Crippen LogP contribution in [-0.4, -0.2) is 43.6 Å². The lowest BCUT2D eigenvalue weighted by molar-refractivity contribution is 0.589. The molecule has 1 aromatic carbocycles. The zero-order chi connectivity index (χ0) is 19.0. The monoisotopic (exact) mass is 381 g/mol. The lowest BCUT2D eigenvalue weighted by atomic mass is 10.1. The second-order valence-electron chi connectivity index (χ2n) is 6.56. The Labute approximate surface area is 157 Å². The molecule has 8 heteroatoms. The molecular weight excluding hydrogens is 362 g/mol. The van der Waals surface area contributed by atoms with Crippen molar-refractivity contribution in [3.8, 4) is 6.07 Å². The average molecular weight is 381 g/mol. The Bertz CT molecular complexity index is 1130.